The number of nitrogens with one attached hydrogen (secondary N) is 1. The number of primary amides is 1. The lowest BCUT2D eigenvalue weighted by Gasteiger charge is -2.29. The lowest BCUT2D eigenvalue weighted by atomic mass is 9.87. The molecule has 1 amide bonds. The summed E-state index contributed by atoms with van der Waals surface area (Å²) in [5, 5.41) is 3.59. The number of benzene rings is 1. The van der Waals surface area contributed by atoms with Crippen LogP contribution in [-0.2, 0) is 0 Å². The Labute approximate surface area is 109 Å². The number of hydrogen-bond acceptors (Lipinski definition) is 2. The van der Waals surface area contributed by atoms with Crippen LogP contribution in [-0.4, -0.2) is 11.9 Å². The lowest BCUT2D eigenvalue weighted by molar-refractivity contribution is 0.1000. The molecule has 3 N–H and O–H groups in total. The third-order valence-electron chi connectivity index (χ3n) is 4.19. The molecule has 0 heterocycles. The molecule has 0 spiro atoms. The van der Waals surface area contributed by atoms with Crippen LogP contribution in [0, 0.1) is 12.3 Å². The molecule has 0 saturated heterocycles. The number of anilines is 1. The summed E-state index contributed by atoms with van der Waals surface area (Å²) in [5.41, 5.74) is 8.29. The van der Waals surface area contributed by atoms with Gasteiger partial charge in [0.25, 0.3) is 0 Å². The summed E-state index contributed by atoms with van der Waals surface area (Å²) in [4.78, 5) is 11.3. The van der Waals surface area contributed by atoms with Gasteiger partial charge in [0, 0.05) is 17.3 Å². The molecular weight excluding hydrogens is 224 g/mol. The average molecular weight is 246 g/mol. The van der Waals surface area contributed by atoms with E-state index in [0.29, 0.717) is 17.0 Å². The maximum absolute atomic E-state index is 11.3. The van der Waals surface area contributed by atoms with Crippen molar-refractivity contribution < 1.29 is 4.79 Å². The number of nitrogens with two attached hydrogens (primary N) is 1. The van der Waals surface area contributed by atoms with E-state index in [9.17, 15) is 4.79 Å². The summed E-state index contributed by atoms with van der Waals surface area (Å²) < 4.78 is 0. The second kappa shape index (κ2) is 4.63. The third-order valence-corrected chi connectivity index (χ3v) is 4.19. The summed E-state index contributed by atoms with van der Waals surface area (Å²) in [6.45, 7) is 6.54. The average Bonchev–Trinajstić information content (AvgIpc) is 2.61. The third kappa shape index (κ3) is 2.35. The van der Waals surface area contributed by atoms with Crippen molar-refractivity contribution >= 4 is 11.6 Å². The smallest absolute Gasteiger partial charge is 0.249 e. The highest BCUT2D eigenvalue weighted by Gasteiger charge is 2.34. The first-order valence-corrected chi connectivity index (χ1v) is 6.58. The van der Waals surface area contributed by atoms with Gasteiger partial charge in [-0.15, -0.1) is 0 Å². The standard InChI is InChI=1S/C15H22N2O/c1-10-11(14(16)18)6-4-7-12(10)17-13-8-5-9-15(13,2)3/h4,6-7,13,17H,5,8-9H2,1-3H3,(H2,16,18). The van der Waals surface area contributed by atoms with Crippen LogP contribution in [0.1, 0.15) is 49.0 Å². The normalized spacial score (nSPS) is 21.8. The summed E-state index contributed by atoms with van der Waals surface area (Å²) in [6, 6.07) is 6.16. The van der Waals surface area contributed by atoms with Crippen LogP contribution in [0.3, 0.4) is 0 Å². The van der Waals surface area contributed by atoms with Crippen molar-refractivity contribution in [3.8, 4) is 0 Å². The van der Waals surface area contributed by atoms with Gasteiger partial charge in [-0.3, -0.25) is 4.79 Å². The fourth-order valence-electron chi connectivity index (χ4n) is 2.84. The Morgan fingerprint density at radius 1 is 1.44 bits per heavy atom. The van der Waals surface area contributed by atoms with Gasteiger partial charge >= 0.3 is 0 Å². The Balaban J connectivity index is 2.25. The number of carbonyl (C=O) groups excluding carboxylic acids is 1. The van der Waals surface area contributed by atoms with E-state index in [0.717, 1.165) is 11.3 Å². The monoisotopic (exact) mass is 246 g/mol. The molecule has 1 aromatic carbocycles. The van der Waals surface area contributed by atoms with E-state index < -0.39 is 0 Å². The van der Waals surface area contributed by atoms with Crippen LogP contribution >= 0.6 is 0 Å². The van der Waals surface area contributed by atoms with E-state index >= 15 is 0 Å². The molecule has 1 unspecified atom stereocenters. The molecule has 98 valence electrons. The molecule has 2 rings (SSSR count). The van der Waals surface area contributed by atoms with Crippen LogP contribution in [0.2, 0.25) is 0 Å². The highest BCUT2D eigenvalue weighted by atomic mass is 16.1. The van der Waals surface area contributed by atoms with Crippen molar-refractivity contribution in [3.05, 3.63) is 29.3 Å². The first kappa shape index (κ1) is 12.9. The molecule has 0 radical (unpaired) electrons. The zero-order valence-electron chi connectivity index (χ0n) is 11.4. The molecule has 1 fully saturated rings. The fraction of sp³-hybridized carbons (Fsp3) is 0.533. The van der Waals surface area contributed by atoms with Crippen LogP contribution in [0.5, 0.6) is 0 Å². The van der Waals surface area contributed by atoms with Crippen molar-refractivity contribution in [1.82, 2.24) is 0 Å². The largest absolute Gasteiger partial charge is 0.382 e. The van der Waals surface area contributed by atoms with Gasteiger partial charge in [0.2, 0.25) is 5.91 Å². The summed E-state index contributed by atoms with van der Waals surface area (Å²) >= 11 is 0. The van der Waals surface area contributed by atoms with Crippen molar-refractivity contribution in [1.29, 1.82) is 0 Å². The predicted molar refractivity (Wildman–Crippen MR) is 74.7 cm³/mol. The molecular formula is C15H22N2O. The quantitative estimate of drug-likeness (QED) is 0.861. The molecule has 18 heavy (non-hydrogen) atoms. The maximum Gasteiger partial charge on any atom is 0.249 e. The number of carbonyl (C=O) groups is 1. The topological polar surface area (TPSA) is 55.1 Å². The van der Waals surface area contributed by atoms with Crippen LogP contribution in [0.15, 0.2) is 18.2 Å². The van der Waals surface area contributed by atoms with Gasteiger partial charge in [0.05, 0.1) is 0 Å². The summed E-state index contributed by atoms with van der Waals surface area (Å²) in [7, 11) is 0. The Bertz CT molecular complexity index is 466. The molecule has 1 aliphatic rings. The van der Waals surface area contributed by atoms with Crippen molar-refractivity contribution in [2.24, 2.45) is 11.1 Å². The molecule has 0 aliphatic heterocycles. The Hall–Kier alpha value is -1.51. The molecule has 1 aliphatic carbocycles. The molecule has 0 aromatic heterocycles. The van der Waals surface area contributed by atoms with Crippen LogP contribution in [0.4, 0.5) is 5.69 Å². The fourth-order valence-corrected chi connectivity index (χ4v) is 2.84. The van der Waals surface area contributed by atoms with Crippen molar-refractivity contribution in [2.45, 2.75) is 46.1 Å². The minimum atomic E-state index is -0.359. The summed E-state index contributed by atoms with van der Waals surface area (Å²) in [6.07, 6.45) is 3.70. The van der Waals surface area contributed by atoms with Gasteiger partial charge in [-0.05, 0) is 42.9 Å². The number of hydrogen-bond donors (Lipinski definition) is 2. The van der Waals surface area contributed by atoms with E-state index in [2.05, 4.69) is 19.2 Å². The predicted octanol–water partition coefficient (Wildman–Crippen LogP) is 3.08. The Morgan fingerprint density at radius 2 is 2.17 bits per heavy atom. The van der Waals surface area contributed by atoms with E-state index in [4.69, 9.17) is 5.73 Å². The molecule has 1 atom stereocenters. The first-order chi connectivity index (χ1) is 8.42. The number of rotatable bonds is 3. The second-order valence-electron chi connectivity index (χ2n) is 5.92. The molecule has 3 nitrogen and oxygen atoms in total. The van der Waals surface area contributed by atoms with E-state index in [1.807, 2.05) is 19.1 Å². The zero-order chi connectivity index (χ0) is 13.3. The van der Waals surface area contributed by atoms with Gasteiger partial charge < -0.3 is 11.1 Å². The van der Waals surface area contributed by atoms with Gasteiger partial charge in [-0.25, -0.2) is 0 Å². The Kier molecular flexibility index (Phi) is 3.33. The molecule has 0 bridgehead atoms. The Morgan fingerprint density at radius 3 is 2.72 bits per heavy atom. The van der Waals surface area contributed by atoms with Gasteiger partial charge in [-0.2, -0.15) is 0 Å². The van der Waals surface area contributed by atoms with Gasteiger partial charge in [0.15, 0.2) is 0 Å². The minimum Gasteiger partial charge on any atom is -0.382 e. The van der Waals surface area contributed by atoms with Gasteiger partial charge in [0.1, 0.15) is 0 Å². The maximum atomic E-state index is 11.3. The van der Waals surface area contributed by atoms with Crippen LogP contribution in [0.25, 0.3) is 0 Å². The summed E-state index contributed by atoms with van der Waals surface area (Å²) in [5.74, 6) is -0.359. The highest BCUT2D eigenvalue weighted by Crippen LogP contribution is 2.39. The first-order valence-electron chi connectivity index (χ1n) is 6.58. The number of amides is 1. The van der Waals surface area contributed by atoms with E-state index in [1.165, 1.54) is 19.3 Å². The lowest BCUT2D eigenvalue weighted by Crippen LogP contribution is -2.31. The van der Waals surface area contributed by atoms with Crippen molar-refractivity contribution in [3.63, 3.8) is 0 Å². The highest BCUT2D eigenvalue weighted by molar-refractivity contribution is 5.95. The molecule has 1 saturated carbocycles. The van der Waals surface area contributed by atoms with Crippen molar-refractivity contribution in [2.75, 3.05) is 5.32 Å². The van der Waals surface area contributed by atoms with Gasteiger partial charge in [-0.1, -0.05) is 26.3 Å². The van der Waals surface area contributed by atoms with E-state index in [1.54, 1.807) is 6.07 Å². The van der Waals surface area contributed by atoms with Crippen LogP contribution < -0.4 is 11.1 Å². The SMILES string of the molecule is Cc1c(NC2CCCC2(C)C)cccc1C(N)=O. The molecule has 3 heteroatoms. The minimum absolute atomic E-state index is 0.315. The second-order valence-corrected chi connectivity index (χ2v) is 5.92. The van der Waals surface area contributed by atoms with E-state index in [-0.39, 0.29) is 5.91 Å². The zero-order valence-corrected chi connectivity index (χ0v) is 11.4. The molecule has 1 aromatic rings.